The van der Waals surface area contributed by atoms with Crippen LogP contribution in [0.2, 0.25) is 0 Å². The summed E-state index contributed by atoms with van der Waals surface area (Å²) in [6.07, 6.45) is 0. The number of carboxylic acid groups (broad SMARTS) is 1. The van der Waals surface area contributed by atoms with Crippen molar-refractivity contribution < 1.29 is 14.8 Å². The van der Waals surface area contributed by atoms with Crippen molar-refractivity contribution in [3.63, 3.8) is 0 Å². The van der Waals surface area contributed by atoms with Crippen LogP contribution in [0.3, 0.4) is 0 Å². The molecule has 0 radical (unpaired) electrons. The first kappa shape index (κ1) is 14.7. The number of hydrogen-bond donors (Lipinski definition) is 1. The number of nitrogens with zero attached hydrogens (tertiary/aromatic N) is 1. The van der Waals surface area contributed by atoms with E-state index in [1.54, 1.807) is 44.2 Å². The third-order valence-electron chi connectivity index (χ3n) is 3.53. The molecule has 5 heteroatoms. The maximum Gasteiger partial charge on any atom is 0.313 e. The average molecular weight is 285 g/mol. The van der Waals surface area contributed by atoms with Gasteiger partial charge in [-0.05, 0) is 42.7 Å². The van der Waals surface area contributed by atoms with Crippen LogP contribution in [0.4, 0.5) is 5.69 Å². The van der Waals surface area contributed by atoms with E-state index in [-0.39, 0.29) is 5.69 Å². The van der Waals surface area contributed by atoms with Crippen molar-refractivity contribution in [1.82, 2.24) is 0 Å². The van der Waals surface area contributed by atoms with Crippen LogP contribution in [0.1, 0.15) is 19.4 Å². The molecule has 0 saturated heterocycles. The molecule has 0 fully saturated rings. The second kappa shape index (κ2) is 5.36. The molecule has 0 spiro atoms. The highest BCUT2D eigenvalue weighted by Gasteiger charge is 2.29. The number of nitro benzene ring substituents is 1. The number of hydrogen-bond acceptors (Lipinski definition) is 3. The molecule has 0 saturated carbocycles. The molecule has 0 atom stereocenters. The zero-order chi connectivity index (χ0) is 15.6. The average Bonchev–Trinajstić information content (AvgIpc) is 2.47. The summed E-state index contributed by atoms with van der Waals surface area (Å²) >= 11 is 0. The van der Waals surface area contributed by atoms with E-state index < -0.39 is 16.3 Å². The van der Waals surface area contributed by atoms with E-state index in [2.05, 4.69) is 0 Å². The smallest absolute Gasteiger partial charge is 0.313 e. The van der Waals surface area contributed by atoms with Gasteiger partial charge < -0.3 is 5.11 Å². The Balaban J connectivity index is 2.42. The molecule has 2 aromatic carbocycles. The molecular formula is C16H15NO4. The van der Waals surface area contributed by atoms with Gasteiger partial charge in [0, 0.05) is 12.1 Å². The Labute approximate surface area is 122 Å². The fraction of sp³-hybridized carbons (Fsp3) is 0.188. The van der Waals surface area contributed by atoms with Crippen molar-refractivity contribution >= 4 is 11.7 Å². The fourth-order valence-corrected chi connectivity index (χ4v) is 1.99. The third-order valence-corrected chi connectivity index (χ3v) is 3.53. The number of benzene rings is 2. The van der Waals surface area contributed by atoms with Crippen molar-refractivity contribution in [2.75, 3.05) is 0 Å². The Morgan fingerprint density at radius 3 is 2.24 bits per heavy atom. The predicted octanol–water partition coefficient (Wildman–Crippen LogP) is 3.62. The molecule has 2 rings (SSSR count). The molecular weight excluding hydrogens is 270 g/mol. The summed E-state index contributed by atoms with van der Waals surface area (Å²) in [7, 11) is 0. The molecule has 0 amide bonds. The lowest BCUT2D eigenvalue weighted by Crippen LogP contribution is -2.28. The summed E-state index contributed by atoms with van der Waals surface area (Å²) in [6, 6.07) is 13.4. The van der Waals surface area contributed by atoms with Gasteiger partial charge in [-0.2, -0.15) is 0 Å². The highest BCUT2D eigenvalue weighted by Crippen LogP contribution is 2.29. The first-order valence-electron chi connectivity index (χ1n) is 6.41. The van der Waals surface area contributed by atoms with Crippen LogP contribution in [0.15, 0.2) is 48.5 Å². The maximum absolute atomic E-state index is 11.3. The van der Waals surface area contributed by atoms with Gasteiger partial charge >= 0.3 is 5.97 Å². The van der Waals surface area contributed by atoms with E-state index in [1.165, 1.54) is 12.1 Å². The Hall–Kier alpha value is -2.69. The summed E-state index contributed by atoms with van der Waals surface area (Å²) in [5.74, 6) is -0.900. The third kappa shape index (κ3) is 2.91. The summed E-state index contributed by atoms with van der Waals surface area (Å²) in [5, 5.41) is 19.9. The Kier molecular flexibility index (Phi) is 3.76. The molecule has 108 valence electrons. The van der Waals surface area contributed by atoms with Gasteiger partial charge in [0.05, 0.1) is 10.3 Å². The van der Waals surface area contributed by atoms with E-state index in [0.29, 0.717) is 5.56 Å². The first-order chi connectivity index (χ1) is 9.82. The van der Waals surface area contributed by atoms with Crippen LogP contribution >= 0.6 is 0 Å². The van der Waals surface area contributed by atoms with Crippen LogP contribution in [-0.2, 0) is 10.2 Å². The number of aliphatic carboxylic acids is 1. The monoisotopic (exact) mass is 285 g/mol. The van der Waals surface area contributed by atoms with Crippen molar-refractivity contribution in [2.24, 2.45) is 0 Å². The van der Waals surface area contributed by atoms with Crippen molar-refractivity contribution in [3.05, 3.63) is 64.2 Å². The van der Waals surface area contributed by atoms with Crippen LogP contribution in [-0.4, -0.2) is 16.0 Å². The van der Waals surface area contributed by atoms with Gasteiger partial charge in [-0.15, -0.1) is 0 Å². The minimum atomic E-state index is -0.989. The number of non-ortho nitro benzene ring substituents is 1. The SMILES string of the molecule is CC(C)(C(=O)O)c1cccc(-c2ccc([N+](=O)[O-])cc2)c1. The highest BCUT2D eigenvalue weighted by molar-refractivity contribution is 5.81. The van der Waals surface area contributed by atoms with E-state index in [4.69, 9.17) is 0 Å². The van der Waals surface area contributed by atoms with E-state index >= 15 is 0 Å². The normalized spacial score (nSPS) is 11.1. The molecule has 0 unspecified atom stereocenters. The molecule has 1 N–H and O–H groups in total. The molecule has 2 aromatic rings. The van der Waals surface area contributed by atoms with Crippen LogP contribution in [0.5, 0.6) is 0 Å². The van der Waals surface area contributed by atoms with Crippen LogP contribution in [0.25, 0.3) is 11.1 Å². The lowest BCUT2D eigenvalue weighted by atomic mass is 9.83. The molecule has 21 heavy (non-hydrogen) atoms. The lowest BCUT2D eigenvalue weighted by molar-refractivity contribution is -0.384. The topological polar surface area (TPSA) is 80.4 Å². The van der Waals surface area contributed by atoms with Gasteiger partial charge in [-0.25, -0.2) is 0 Å². The zero-order valence-corrected chi connectivity index (χ0v) is 11.7. The van der Waals surface area contributed by atoms with Crippen LogP contribution in [0, 0.1) is 10.1 Å². The van der Waals surface area contributed by atoms with E-state index in [1.807, 2.05) is 6.07 Å². The number of nitro groups is 1. The second-order valence-corrected chi connectivity index (χ2v) is 5.31. The van der Waals surface area contributed by atoms with Gasteiger partial charge in [-0.3, -0.25) is 14.9 Å². The molecule has 5 nitrogen and oxygen atoms in total. The first-order valence-corrected chi connectivity index (χ1v) is 6.41. The van der Waals surface area contributed by atoms with Gasteiger partial charge in [0.25, 0.3) is 5.69 Å². The second-order valence-electron chi connectivity index (χ2n) is 5.31. The van der Waals surface area contributed by atoms with Gasteiger partial charge in [-0.1, -0.05) is 24.3 Å². The van der Waals surface area contributed by atoms with Crippen molar-refractivity contribution in [1.29, 1.82) is 0 Å². The summed E-state index contributed by atoms with van der Waals surface area (Å²) in [6.45, 7) is 3.29. The standard InChI is InChI=1S/C16H15NO4/c1-16(2,15(18)19)13-5-3-4-12(10-13)11-6-8-14(9-7-11)17(20)21/h3-10H,1-2H3,(H,18,19). The van der Waals surface area contributed by atoms with Crippen molar-refractivity contribution in [3.8, 4) is 11.1 Å². The quantitative estimate of drug-likeness (QED) is 0.687. The summed E-state index contributed by atoms with van der Waals surface area (Å²) in [4.78, 5) is 21.5. The van der Waals surface area contributed by atoms with E-state index in [0.717, 1.165) is 11.1 Å². The largest absolute Gasteiger partial charge is 0.481 e. The summed E-state index contributed by atoms with van der Waals surface area (Å²) < 4.78 is 0. The van der Waals surface area contributed by atoms with Gasteiger partial charge in [0.1, 0.15) is 0 Å². The highest BCUT2D eigenvalue weighted by atomic mass is 16.6. The minimum Gasteiger partial charge on any atom is -0.481 e. The molecule has 0 aromatic heterocycles. The Bertz CT molecular complexity index is 690. The minimum absolute atomic E-state index is 0.0285. The Morgan fingerprint density at radius 1 is 1.10 bits per heavy atom. The molecule has 0 aliphatic carbocycles. The fourth-order valence-electron chi connectivity index (χ4n) is 1.99. The lowest BCUT2D eigenvalue weighted by Gasteiger charge is -2.20. The Morgan fingerprint density at radius 2 is 1.71 bits per heavy atom. The van der Waals surface area contributed by atoms with Crippen LogP contribution < -0.4 is 0 Å². The van der Waals surface area contributed by atoms with E-state index in [9.17, 15) is 20.0 Å². The number of rotatable bonds is 4. The van der Waals surface area contributed by atoms with Gasteiger partial charge in [0.2, 0.25) is 0 Å². The number of carbonyl (C=O) groups is 1. The molecule has 0 bridgehead atoms. The molecule has 0 aliphatic heterocycles. The maximum atomic E-state index is 11.3. The number of carboxylic acids is 1. The van der Waals surface area contributed by atoms with Crippen molar-refractivity contribution in [2.45, 2.75) is 19.3 Å². The molecule has 0 aliphatic rings. The zero-order valence-electron chi connectivity index (χ0n) is 11.7. The van der Waals surface area contributed by atoms with Gasteiger partial charge in [0.15, 0.2) is 0 Å². The molecule has 0 heterocycles. The predicted molar refractivity (Wildman–Crippen MR) is 79.2 cm³/mol. The summed E-state index contributed by atoms with van der Waals surface area (Å²) in [5.41, 5.74) is 1.36.